The average molecular weight is 307 g/mol. The Morgan fingerprint density at radius 2 is 2.16 bits per heavy atom. The quantitative estimate of drug-likeness (QED) is 0.657. The Bertz CT molecular complexity index is 627. The highest BCUT2D eigenvalue weighted by Crippen LogP contribution is 2.31. The summed E-state index contributed by atoms with van der Waals surface area (Å²) in [5.41, 5.74) is 1.13. The summed E-state index contributed by atoms with van der Waals surface area (Å²) in [5, 5.41) is 15.7. The molecule has 0 atom stereocenters. The van der Waals surface area contributed by atoms with Crippen molar-refractivity contribution in [3.8, 4) is 5.75 Å². The predicted molar refractivity (Wildman–Crippen MR) is 69.7 cm³/mol. The number of hydrogen-bond donors (Lipinski definition) is 1. The SMILES string of the molecule is Cc1cc([N+](=O)[O-])cc(S(N)(=O)=O)c1OC/C=C/Cl. The lowest BCUT2D eigenvalue weighted by Crippen LogP contribution is -2.15. The second-order valence-corrected chi connectivity index (χ2v) is 5.35. The summed E-state index contributed by atoms with van der Waals surface area (Å²) in [6.45, 7) is 1.51. The molecule has 0 heterocycles. The van der Waals surface area contributed by atoms with E-state index >= 15 is 0 Å². The van der Waals surface area contributed by atoms with Gasteiger partial charge in [-0.15, -0.1) is 0 Å². The Labute approximate surface area is 114 Å². The Kier molecular flexibility index (Phi) is 4.87. The molecular formula is C10H11ClN2O5S. The van der Waals surface area contributed by atoms with Crippen molar-refractivity contribution >= 4 is 27.3 Å². The first kappa shape index (κ1) is 15.4. The molecule has 7 nitrogen and oxygen atoms in total. The van der Waals surface area contributed by atoms with Gasteiger partial charge in [0.25, 0.3) is 5.69 Å². The van der Waals surface area contributed by atoms with Crippen molar-refractivity contribution in [2.45, 2.75) is 11.8 Å². The molecule has 1 aromatic rings. The van der Waals surface area contributed by atoms with Crippen molar-refractivity contribution in [3.63, 3.8) is 0 Å². The van der Waals surface area contributed by atoms with Gasteiger partial charge in [0, 0.05) is 17.7 Å². The highest BCUT2D eigenvalue weighted by atomic mass is 35.5. The van der Waals surface area contributed by atoms with Crippen LogP contribution in [0.4, 0.5) is 5.69 Å². The van der Waals surface area contributed by atoms with Gasteiger partial charge in [0.1, 0.15) is 17.3 Å². The number of aryl methyl sites for hydroxylation is 1. The number of non-ortho nitro benzene ring substituents is 1. The molecule has 0 spiro atoms. The maximum atomic E-state index is 11.4. The van der Waals surface area contributed by atoms with Crippen LogP contribution in [-0.4, -0.2) is 19.9 Å². The van der Waals surface area contributed by atoms with Crippen LogP contribution in [-0.2, 0) is 10.0 Å². The fourth-order valence-corrected chi connectivity index (χ4v) is 2.23. The summed E-state index contributed by atoms with van der Waals surface area (Å²) in [5.74, 6) is -0.0251. The van der Waals surface area contributed by atoms with Crippen LogP contribution in [0.15, 0.2) is 28.6 Å². The van der Waals surface area contributed by atoms with Gasteiger partial charge in [-0.1, -0.05) is 11.6 Å². The van der Waals surface area contributed by atoms with E-state index in [2.05, 4.69) is 0 Å². The lowest BCUT2D eigenvalue weighted by Gasteiger charge is -2.11. The topological polar surface area (TPSA) is 113 Å². The zero-order valence-corrected chi connectivity index (χ0v) is 11.4. The van der Waals surface area contributed by atoms with Gasteiger partial charge in [0.05, 0.1) is 4.92 Å². The standard InChI is InChI=1S/C10H11ClN2O5S/c1-7-5-8(13(14)15)6-9(19(12,16)17)10(7)18-4-2-3-11/h2-3,5-6H,4H2,1H3,(H2,12,16,17)/b3-2+. The number of benzene rings is 1. The molecule has 0 radical (unpaired) electrons. The number of sulfonamides is 1. The third kappa shape index (κ3) is 3.91. The van der Waals surface area contributed by atoms with Crippen molar-refractivity contribution in [1.82, 2.24) is 0 Å². The predicted octanol–water partition coefficient (Wildman–Crippen LogP) is 1.68. The third-order valence-electron chi connectivity index (χ3n) is 2.16. The van der Waals surface area contributed by atoms with Gasteiger partial charge < -0.3 is 4.74 Å². The zero-order chi connectivity index (χ0) is 14.6. The first-order chi connectivity index (χ1) is 8.77. The molecule has 0 fully saturated rings. The molecule has 0 aromatic heterocycles. The monoisotopic (exact) mass is 306 g/mol. The summed E-state index contributed by atoms with van der Waals surface area (Å²) < 4.78 is 28.1. The minimum atomic E-state index is -4.14. The Hall–Kier alpha value is -1.64. The molecule has 0 bridgehead atoms. The number of ether oxygens (including phenoxy) is 1. The zero-order valence-electron chi connectivity index (χ0n) is 9.87. The van der Waals surface area contributed by atoms with Crippen LogP contribution in [0.3, 0.4) is 0 Å². The van der Waals surface area contributed by atoms with E-state index in [0.717, 1.165) is 6.07 Å². The van der Waals surface area contributed by atoms with Gasteiger partial charge >= 0.3 is 0 Å². The highest BCUT2D eigenvalue weighted by Gasteiger charge is 2.22. The number of primary sulfonamides is 1. The summed E-state index contributed by atoms with van der Waals surface area (Å²) in [6.07, 6.45) is 1.44. The normalized spacial score (nSPS) is 11.7. The summed E-state index contributed by atoms with van der Waals surface area (Å²) >= 11 is 5.31. The first-order valence-electron chi connectivity index (χ1n) is 4.97. The van der Waals surface area contributed by atoms with E-state index in [-0.39, 0.29) is 18.0 Å². The molecular weight excluding hydrogens is 296 g/mol. The number of nitrogens with zero attached hydrogens (tertiary/aromatic N) is 1. The molecule has 19 heavy (non-hydrogen) atoms. The Morgan fingerprint density at radius 3 is 2.63 bits per heavy atom. The van der Waals surface area contributed by atoms with Crippen molar-refractivity contribution in [1.29, 1.82) is 0 Å². The summed E-state index contributed by atoms with van der Waals surface area (Å²) in [4.78, 5) is 9.57. The van der Waals surface area contributed by atoms with Crippen molar-refractivity contribution < 1.29 is 18.1 Å². The van der Waals surface area contributed by atoms with E-state index in [4.69, 9.17) is 21.5 Å². The van der Waals surface area contributed by atoms with Gasteiger partial charge in [-0.05, 0) is 18.6 Å². The number of nitro groups is 1. The molecule has 0 amide bonds. The van der Waals surface area contributed by atoms with Gasteiger partial charge in [0.2, 0.25) is 10.0 Å². The average Bonchev–Trinajstić information content (AvgIpc) is 2.29. The molecule has 1 rings (SSSR count). The van der Waals surface area contributed by atoms with Gasteiger partial charge in [-0.25, -0.2) is 13.6 Å². The molecule has 9 heteroatoms. The Balaban J connectivity index is 3.40. The van der Waals surface area contributed by atoms with Crippen LogP contribution in [0.25, 0.3) is 0 Å². The van der Waals surface area contributed by atoms with Crippen LogP contribution < -0.4 is 9.88 Å². The number of rotatable bonds is 5. The van der Waals surface area contributed by atoms with Crippen LogP contribution in [0, 0.1) is 17.0 Å². The summed E-state index contributed by atoms with van der Waals surface area (Å²) in [7, 11) is -4.14. The molecule has 0 saturated heterocycles. The molecule has 1 aromatic carbocycles. The van der Waals surface area contributed by atoms with Crippen LogP contribution in [0.1, 0.15) is 5.56 Å². The van der Waals surface area contributed by atoms with E-state index < -0.39 is 19.8 Å². The lowest BCUT2D eigenvalue weighted by molar-refractivity contribution is -0.385. The number of hydrogen-bond acceptors (Lipinski definition) is 5. The fraction of sp³-hybridized carbons (Fsp3) is 0.200. The molecule has 104 valence electrons. The number of halogens is 1. The van der Waals surface area contributed by atoms with E-state index in [0.29, 0.717) is 5.56 Å². The minimum Gasteiger partial charge on any atom is -0.488 e. The number of nitro benzene ring substituents is 1. The molecule has 0 saturated carbocycles. The minimum absolute atomic E-state index is 0.0185. The fourth-order valence-electron chi connectivity index (χ4n) is 1.39. The number of nitrogens with two attached hydrogens (primary N) is 1. The Morgan fingerprint density at radius 1 is 1.53 bits per heavy atom. The smallest absolute Gasteiger partial charge is 0.271 e. The second-order valence-electron chi connectivity index (χ2n) is 3.56. The third-order valence-corrected chi connectivity index (χ3v) is 3.25. The van der Waals surface area contributed by atoms with E-state index in [1.54, 1.807) is 0 Å². The van der Waals surface area contributed by atoms with E-state index in [1.165, 1.54) is 24.6 Å². The van der Waals surface area contributed by atoms with E-state index in [1.807, 2.05) is 0 Å². The molecule has 2 N–H and O–H groups in total. The van der Waals surface area contributed by atoms with Gasteiger partial charge in [-0.2, -0.15) is 0 Å². The molecule has 0 unspecified atom stereocenters. The lowest BCUT2D eigenvalue weighted by atomic mass is 10.2. The maximum absolute atomic E-state index is 11.4. The second kappa shape index (κ2) is 6.00. The van der Waals surface area contributed by atoms with Crippen LogP contribution >= 0.6 is 11.6 Å². The van der Waals surface area contributed by atoms with E-state index in [9.17, 15) is 18.5 Å². The molecule has 0 aliphatic rings. The summed E-state index contributed by atoms with van der Waals surface area (Å²) in [6, 6.07) is 2.07. The van der Waals surface area contributed by atoms with Crippen LogP contribution in [0.2, 0.25) is 0 Å². The molecule has 0 aliphatic carbocycles. The van der Waals surface area contributed by atoms with Crippen molar-refractivity contribution in [2.75, 3.05) is 6.61 Å². The molecule has 0 aliphatic heterocycles. The van der Waals surface area contributed by atoms with Gasteiger partial charge in [0.15, 0.2) is 0 Å². The first-order valence-corrected chi connectivity index (χ1v) is 6.95. The highest BCUT2D eigenvalue weighted by molar-refractivity contribution is 7.89. The van der Waals surface area contributed by atoms with Crippen LogP contribution in [0.5, 0.6) is 5.75 Å². The largest absolute Gasteiger partial charge is 0.488 e. The maximum Gasteiger partial charge on any atom is 0.271 e. The van der Waals surface area contributed by atoms with Crippen molar-refractivity contribution in [2.24, 2.45) is 5.14 Å². The van der Waals surface area contributed by atoms with Crippen molar-refractivity contribution in [3.05, 3.63) is 39.4 Å². The van der Waals surface area contributed by atoms with Gasteiger partial charge in [-0.3, -0.25) is 10.1 Å².